The van der Waals surface area contributed by atoms with E-state index >= 15 is 0 Å². The summed E-state index contributed by atoms with van der Waals surface area (Å²) in [6.45, 7) is 6.68. The van der Waals surface area contributed by atoms with Crippen LogP contribution in [0.4, 0.5) is 0 Å². The van der Waals surface area contributed by atoms with Gasteiger partial charge in [0.1, 0.15) is 0 Å². The molecule has 100 valence electrons. The van der Waals surface area contributed by atoms with Crippen molar-refractivity contribution in [2.75, 3.05) is 0 Å². The van der Waals surface area contributed by atoms with Crippen molar-refractivity contribution in [3.8, 4) is 12.3 Å². The fourth-order valence-electron chi connectivity index (χ4n) is 2.16. The van der Waals surface area contributed by atoms with Crippen molar-refractivity contribution in [2.24, 2.45) is 0 Å². The van der Waals surface area contributed by atoms with Gasteiger partial charge in [-0.05, 0) is 19.3 Å². The molecule has 1 N–H and O–H groups in total. The molecule has 0 bridgehead atoms. The molecule has 1 atom stereocenters. The fourth-order valence-corrected chi connectivity index (χ4v) is 2.16. The van der Waals surface area contributed by atoms with Crippen LogP contribution >= 0.6 is 0 Å². The molecule has 0 aliphatic rings. The van der Waals surface area contributed by atoms with E-state index in [0.29, 0.717) is 6.04 Å². The van der Waals surface area contributed by atoms with E-state index in [4.69, 9.17) is 6.42 Å². The molecule has 0 heterocycles. The minimum atomic E-state index is 0.267. The Balaban J connectivity index is 3.95. The van der Waals surface area contributed by atoms with Gasteiger partial charge in [0, 0.05) is 6.04 Å². The van der Waals surface area contributed by atoms with Gasteiger partial charge in [0.05, 0.1) is 6.04 Å². The standard InChI is InChI=1S/C16H31N/c1-5-9-11-13-16(14-12-10-6-2)17-15(7-3)8-4/h3,15-17H,5-6,8-14H2,1-2,4H3. The van der Waals surface area contributed by atoms with Crippen molar-refractivity contribution in [1.82, 2.24) is 5.32 Å². The van der Waals surface area contributed by atoms with Gasteiger partial charge in [-0.15, -0.1) is 6.42 Å². The minimum Gasteiger partial charge on any atom is -0.301 e. The first-order valence-electron chi connectivity index (χ1n) is 7.50. The van der Waals surface area contributed by atoms with E-state index in [1.54, 1.807) is 0 Å². The third-order valence-corrected chi connectivity index (χ3v) is 3.36. The summed E-state index contributed by atoms with van der Waals surface area (Å²) in [5, 5.41) is 3.64. The third kappa shape index (κ3) is 9.24. The van der Waals surface area contributed by atoms with Crippen LogP contribution in [0.15, 0.2) is 0 Å². The van der Waals surface area contributed by atoms with Gasteiger partial charge in [0.2, 0.25) is 0 Å². The lowest BCUT2D eigenvalue weighted by atomic mass is 10.0. The predicted molar refractivity (Wildman–Crippen MR) is 78.1 cm³/mol. The van der Waals surface area contributed by atoms with Crippen LogP contribution in [0.2, 0.25) is 0 Å². The lowest BCUT2D eigenvalue weighted by molar-refractivity contribution is 0.395. The van der Waals surface area contributed by atoms with Gasteiger partial charge in [0.15, 0.2) is 0 Å². The van der Waals surface area contributed by atoms with Gasteiger partial charge >= 0.3 is 0 Å². The first kappa shape index (κ1) is 16.5. The molecule has 0 aromatic carbocycles. The molecule has 0 radical (unpaired) electrons. The number of hydrogen-bond acceptors (Lipinski definition) is 1. The normalized spacial score (nSPS) is 12.6. The second-order valence-corrected chi connectivity index (χ2v) is 4.98. The quantitative estimate of drug-likeness (QED) is 0.411. The molecule has 0 aliphatic heterocycles. The van der Waals surface area contributed by atoms with E-state index in [2.05, 4.69) is 32.0 Å². The minimum absolute atomic E-state index is 0.267. The largest absolute Gasteiger partial charge is 0.301 e. The van der Waals surface area contributed by atoms with Crippen molar-refractivity contribution < 1.29 is 0 Å². The van der Waals surface area contributed by atoms with E-state index in [0.717, 1.165) is 6.42 Å². The molecule has 0 aromatic heterocycles. The second kappa shape index (κ2) is 12.0. The smallest absolute Gasteiger partial charge is 0.0686 e. The zero-order chi connectivity index (χ0) is 12.9. The Hall–Kier alpha value is -0.480. The van der Waals surface area contributed by atoms with Crippen LogP contribution in [0, 0.1) is 12.3 Å². The molecular weight excluding hydrogens is 206 g/mol. The Labute approximate surface area is 109 Å². The summed E-state index contributed by atoms with van der Waals surface area (Å²) in [4.78, 5) is 0. The van der Waals surface area contributed by atoms with E-state index < -0.39 is 0 Å². The molecule has 1 heteroatoms. The Morgan fingerprint density at radius 1 is 0.941 bits per heavy atom. The molecule has 0 aromatic rings. The topological polar surface area (TPSA) is 12.0 Å². The number of hydrogen-bond donors (Lipinski definition) is 1. The number of unbranched alkanes of at least 4 members (excludes halogenated alkanes) is 4. The Bertz CT molecular complexity index is 182. The average Bonchev–Trinajstić information content (AvgIpc) is 2.35. The van der Waals surface area contributed by atoms with Crippen LogP contribution in [-0.2, 0) is 0 Å². The Morgan fingerprint density at radius 3 is 1.82 bits per heavy atom. The molecule has 17 heavy (non-hydrogen) atoms. The maximum atomic E-state index is 5.53. The number of terminal acetylenes is 1. The van der Waals surface area contributed by atoms with Crippen molar-refractivity contribution in [2.45, 2.75) is 90.6 Å². The van der Waals surface area contributed by atoms with Crippen LogP contribution < -0.4 is 5.32 Å². The monoisotopic (exact) mass is 237 g/mol. The Kier molecular flexibility index (Phi) is 11.7. The van der Waals surface area contributed by atoms with E-state index in [-0.39, 0.29) is 6.04 Å². The van der Waals surface area contributed by atoms with E-state index in [1.807, 2.05) is 0 Å². The van der Waals surface area contributed by atoms with E-state index in [9.17, 15) is 0 Å². The summed E-state index contributed by atoms with van der Waals surface area (Å²) in [5.41, 5.74) is 0. The van der Waals surface area contributed by atoms with Gasteiger partial charge in [0.25, 0.3) is 0 Å². The molecule has 0 aliphatic carbocycles. The fraction of sp³-hybridized carbons (Fsp3) is 0.875. The van der Waals surface area contributed by atoms with Crippen molar-refractivity contribution in [3.05, 3.63) is 0 Å². The summed E-state index contributed by atoms with van der Waals surface area (Å²) in [7, 11) is 0. The maximum absolute atomic E-state index is 5.53. The molecule has 1 unspecified atom stereocenters. The predicted octanol–water partition coefficient (Wildman–Crippen LogP) is 4.52. The zero-order valence-electron chi connectivity index (χ0n) is 12.1. The van der Waals surface area contributed by atoms with Crippen LogP contribution in [-0.4, -0.2) is 12.1 Å². The van der Waals surface area contributed by atoms with Crippen LogP contribution in [0.3, 0.4) is 0 Å². The molecule has 0 saturated carbocycles. The average molecular weight is 237 g/mol. The Morgan fingerprint density at radius 2 is 1.47 bits per heavy atom. The van der Waals surface area contributed by atoms with Crippen molar-refractivity contribution >= 4 is 0 Å². The second-order valence-electron chi connectivity index (χ2n) is 4.98. The maximum Gasteiger partial charge on any atom is 0.0686 e. The lowest BCUT2D eigenvalue weighted by Crippen LogP contribution is -2.37. The molecule has 0 saturated heterocycles. The highest BCUT2D eigenvalue weighted by molar-refractivity contribution is 4.99. The SMILES string of the molecule is C#CC(CC)NC(CCCCC)CCCCC. The first-order chi connectivity index (χ1) is 8.28. The summed E-state index contributed by atoms with van der Waals surface area (Å²) in [6, 6.07) is 0.900. The highest BCUT2D eigenvalue weighted by atomic mass is 14.9. The number of nitrogens with one attached hydrogen (secondary N) is 1. The highest BCUT2D eigenvalue weighted by Gasteiger charge is 2.11. The van der Waals surface area contributed by atoms with Gasteiger partial charge in [-0.3, -0.25) is 0 Å². The van der Waals surface area contributed by atoms with Crippen LogP contribution in [0.1, 0.15) is 78.6 Å². The summed E-state index contributed by atoms with van der Waals surface area (Å²) < 4.78 is 0. The molecule has 1 nitrogen and oxygen atoms in total. The molecule has 0 rings (SSSR count). The molecular formula is C16H31N. The molecule has 0 fully saturated rings. The lowest BCUT2D eigenvalue weighted by Gasteiger charge is -2.22. The van der Waals surface area contributed by atoms with Gasteiger partial charge in [-0.1, -0.05) is 65.2 Å². The van der Waals surface area contributed by atoms with Gasteiger partial charge in [-0.2, -0.15) is 0 Å². The van der Waals surface area contributed by atoms with Gasteiger partial charge < -0.3 is 5.32 Å². The summed E-state index contributed by atoms with van der Waals surface area (Å²) in [6.07, 6.45) is 17.1. The van der Waals surface area contributed by atoms with Crippen LogP contribution in [0.5, 0.6) is 0 Å². The summed E-state index contributed by atoms with van der Waals surface area (Å²) >= 11 is 0. The molecule has 0 spiro atoms. The van der Waals surface area contributed by atoms with E-state index in [1.165, 1.54) is 51.4 Å². The van der Waals surface area contributed by atoms with Crippen LogP contribution in [0.25, 0.3) is 0 Å². The van der Waals surface area contributed by atoms with Crippen molar-refractivity contribution in [3.63, 3.8) is 0 Å². The molecule has 0 amide bonds. The third-order valence-electron chi connectivity index (χ3n) is 3.36. The number of rotatable bonds is 11. The highest BCUT2D eigenvalue weighted by Crippen LogP contribution is 2.12. The zero-order valence-corrected chi connectivity index (χ0v) is 12.1. The van der Waals surface area contributed by atoms with Gasteiger partial charge in [-0.25, -0.2) is 0 Å². The van der Waals surface area contributed by atoms with Crippen molar-refractivity contribution in [1.29, 1.82) is 0 Å². The summed E-state index contributed by atoms with van der Waals surface area (Å²) in [5.74, 6) is 2.85. The first-order valence-corrected chi connectivity index (χ1v) is 7.50.